The van der Waals surface area contributed by atoms with Gasteiger partial charge in [-0.3, -0.25) is 14.9 Å². The van der Waals surface area contributed by atoms with Gasteiger partial charge in [0.2, 0.25) is 0 Å². The summed E-state index contributed by atoms with van der Waals surface area (Å²) in [4.78, 5) is 22.9. The number of amides is 2. The maximum atomic E-state index is 11.5. The normalized spacial score (nSPS) is 15.0. The number of ether oxygens (including phenoxy) is 4. The van der Waals surface area contributed by atoms with E-state index in [1.54, 1.807) is 24.3 Å². The molecule has 1 aromatic carbocycles. The third-order valence-corrected chi connectivity index (χ3v) is 2.75. The van der Waals surface area contributed by atoms with Crippen molar-refractivity contribution in [2.75, 3.05) is 28.4 Å². The average Bonchev–Trinajstić information content (AvgIpc) is 2.54. The van der Waals surface area contributed by atoms with Crippen molar-refractivity contribution in [1.82, 2.24) is 5.32 Å². The highest BCUT2D eigenvalue weighted by Crippen LogP contribution is 2.23. The van der Waals surface area contributed by atoms with Crippen molar-refractivity contribution in [3.8, 4) is 0 Å². The fourth-order valence-electron chi connectivity index (χ4n) is 1.80. The average molecular weight is 309 g/mol. The molecule has 0 radical (unpaired) electrons. The fraction of sp³-hybridized carbons (Fsp3) is 0.333. The molecule has 22 heavy (non-hydrogen) atoms. The van der Waals surface area contributed by atoms with E-state index >= 15 is 0 Å². The summed E-state index contributed by atoms with van der Waals surface area (Å²) in [5, 5.41) is 2.24. The number of nitrogens with one attached hydrogen (secondary N) is 1. The van der Waals surface area contributed by atoms with Gasteiger partial charge in [-0.25, -0.2) is 0 Å². The minimum Gasteiger partial charge on any atom is -0.504 e. The molecule has 0 atom stereocenters. The van der Waals surface area contributed by atoms with E-state index in [0.29, 0.717) is 16.7 Å². The van der Waals surface area contributed by atoms with Crippen LogP contribution in [0.3, 0.4) is 0 Å². The highest BCUT2D eigenvalue weighted by Gasteiger charge is 2.26. The molecular weight excluding hydrogens is 290 g/mol. The van der Waals surface area contributed by atoms with Crippen LogP contribution in [0, 0.1) is 0 Å². The van der Waals surface area contributed by atoms with Crippen molar-refractivity contribution >= 4 is 17.4 Å². The molecule has 1 aliphatic heterocycles. The molecule has 0 spiro atoms. The minimum atomic E-state index is -0.514. The molecule has 120 valence electrons. The first kappa shape index (κ1) is 17.8. The van der Waals surface area contributed by atoms with Gasteiger partial charge in [-0.2, -0.15) is 0 Å². The van der Waals surface area contributed by atoms with Gasteiger partial charge in [-0.1, -0.05) is 18.2 Å². The van der Waals surface area contributed by atoms with Crippen LogP contribution in [-0.2, 0) is 23.7 Å². The number of imide groups is 1. The molecule has 0 unspecified atom stereocenters. The number of carbonyl (C=O) groups excluding carboxylic acids is 2. The lowest BCUT2D eigenvalue weighted by Crippen LogP contribution is -2.36. The molecule has 0 aliphatic carbocycles. The number of carbonyl (C=O) groups is 2. The smallest absolute Gasteiger partial charge is 0.270 e. The van der Waals surface area contributed by atoms with Crippen molar-refractivity contribution in [2.45, 2.75) is 6.48 Å². The molecule has 2 rings (SSSR count). The third-order valence-electron chi connectivity index (χ3n) is 2.75. The number of hydrogen-bond acceptors (Lipinski definition) is 6. The van der Waals surface area contributed by atoms with E-state index in [2.05, 4.69) is 19.5 Å². The number of rotatable bonds is 4. The molecule has 0 aromatic heterocycles. The second-order valence-electron chi connectivity index (χ2n) is 4.09. The Morgan fingerprint density at radius 1 is 0.909 bits per heavy atom. The summed E-state index contributed by atoms with van der Waals surface area (Å²) in [5.41, 5.74) is 1.46. The molecule has 0 bridgehead atoms. The van der Waals surface area contributed by atoms with Crippen LogP contribution >= 0.6 is 0 Å². The lowest BCUT2D eigenvalue weighted by atomic mass is 9.96. The summed E-state index contributed by atoms with van der Waals surface area (Å²) in [6, 6.07) is 6.91. The Labute approximate surface area is 128 Å². The van der Waals surface area contributed by atoms with Gasteiger partial charge in [0.15, 0.2) is 0 Å². The van der Waals surface area contributed by atoms with E-state index in [-0.39, 0.29) is 5.91 Å². The first-order valence-electron chi connectivity index (χ1n) is 6.35. The molecular formula is C15H19NO6. The Bertz CT molecular complexity index is 545. The zero-order chi connectivity index (χ0) is 16.5. The predicted octanol–water partition coefficient (Wildman–Crippen LogP) is 1.15. The lowest BCUT2D eigenvalue weighted by Gasteiger charge is -2.17. The largest absolute Gasteiger partial charge is 0.504 e. The molecule has 1 aromatic rings. The molecule has 7 nitrogen and oxygen atoms in total. The van der Waals surface area contributed by atoms with E-state index in [9.17, 15) is 9.59 Å². The first-order chi connectivity index (χ1) is 10.6. The summed E-state index contributed by atoms with van der Waals surface area (Å²) in [5.74, 6) is -0.801. The van der Waals surface area contributed by atoms with Crippen LogP contribution in [-0.4, -0.2) is 46.7 Å². The predicted molar refractivity (Wildman–Crippen MR) is 78.7 cm³/mol. The van der Waals surface area contributed by atoms with Crippen molar-refractivity contribution in [1.29, 1.82) is 0 Å². The molecule has 0 saturated carbocycles. The second kappa shape index (κ2) is 8.93. The number of fused-ring (bicyclic) bond motifs is 1. The monoisotopic (exact) mass is 309 g/mol. The van der Waals surface area contributed by atoms with Crippen LogP contribution < -0.4 is 5.32 Å². The fourth-order valence-corrected chi connectivity index (χ4v) is 1.80. The zero-order valence-electron chi connectivity index (χ0n) is 12.9. The highest BCUT2D eigenvalue weighted by atomic mass is 16.8. The van der Waals surface area contributed by atoms with Crippen molar-refractivity contribution < 1.29 is 28.5 Å². The van der Waals surface area contributed by atoms with Gasteiger partial charge in [0.05, 0.1) is 18.9 Å². The van der Waals surface area contributed by atoms with Crippen LogP contribution in [0.2, 0.25) is 0 Å². The van der Waals surface area contributed by atoms with Crippen molar-refractivity contribution in [3.05, 3.63) is 41.7 Å². The number of methoxy groups -OCH3 is 4. The summed E-state index contributed by atoms with van der Waals surface area (Å²) in [7, 11) is 5.99. The Morgan fingerprint density at radius 3 is 1.91 bits per heavy atom. The van der Waals surface area contributed by atoms with Crippen LogP contribution in [0.15, 0.2) is 30.5 Å². The van der Waals surface area contributed by atoms with E-state index in [0.717, 1.165) is 0 Å². The SMILES string of the molecule is COC(OC)OC.COC=C1C(=O)NC(=O)c2ccccc21. The molecule has 1 aliphatic rings. The highest BCUT2D eigenvalue weighted by molar-refractivity contribution is 6.30. The maximum Gasteiger partial charge on any atom is 0.270 e. The van der Waals surface area contributed by atoms with E-state index < -0.39 is 12.4 Å². The van der Waals surface area contributed by atoms with Crippen LogP contribution in [0.1, 0.15) is 15.9 Å². The number of hydrogen-bond donors (Lipinski definition) is 1. The molecule has 1 heterocycles. The summed E-state index contributed by atoms with van der Waals surface area (Å²) >= 11 is 0. The quantitative estimate of drug-likeness (QED) is 0.389. The van der Waals surface area contributed by atoms with Crippen LogP contribution in [0.5, 0.6) is 0 Å². The van der Waals surface area contributed by atoms with Gasteiger partial charge in [-0.05, 0) is 6.07 Å². The second-order valence-corrected chi connectivity index (χ2v) is 4.09. The zero-order valence-corrected chi connectivity index (χ0v) is 12.9. The molecule has 2 amide bonds. The molecule has 1 N–H and O–H groups in total. The first-order valence-corrected chi connectivity index (χ1v) is 6.35. The van der Waals surface area contributed by atoms with E-state index in [4.69, 9.17) is 4.74 Å². The Balaban J connectivity index is 0.000000295. The number of benzene rings is 1. The maximum absolute atomic E-state index is 11.5. The summed E-state index contributed by atoms with van der Waals surface area (Å²) in [6.45, 7) is -0.514. The van der Waals surface area contributed by atoms with Crippen LogP contribution in [0.4, 0.5) is 0 Å². The Hall–Kier alpha value is -2.22. The lowest BCUT2D eigenvalue weighted by molar-refractivity contribution is -0.252. The van der Waals surface area contributed by atoms with Crippen LogP contribution in [0.25, 0.3) is 5.57 Å². The van der Waals surface area contributed by atoms with E-state index in [1.807, 2.05) is 0 Å². The Kier molecular flexibility index (Phi) is 7.24. The van der Waals surface area contributed by atoms with Gasteiger partial charge in [0.1, 0.15) is 0 Å². The Morgan fingerprint density at radius 2 is 1.45 bits per heavy atom. The van der Waals surface area contributed by atoms with Crippen molar-refractivity contribution in [3.63, 3.8) is 0 Å². The minimum absolute atomic E-state index is 0.368. The van der Waals surface area contributed by atoms with E-state index in [1.165, 1.54) is 34.7 Å². The summed E-state index contributed by atoms with van der Waals surface area (Å²) in [6.07, 6.45) is 1.33. The van der Waals surface area contributed by atoms with Crippen molar-refractivity contribution in [2.24, 2.45) is 0 Å². The topological polar surface area (TPSA) is 83.1 Å². The standard InChI is InChI=1S/C11H9NO3.C4H10O3/c1-15-6-9-7-4-2-3-5-8(7)10(13)12-11(9)14;1-5-4(6-2)7-3/h2-6H,1H3,(H,12,13,14);4H,1-3H3. The van der Waals surface area contributed by atoms with Gasteiger partial charge >= 0.3 is 0 Å². The molecule has 0 saturated heterocycles. The van der Waals surface area contributed by atoms with Gasteiger partial charge in [0.25, 0.3) is 18.3 Å². The van der Waals surface area contributed by atoms with Gasteiger partial charge in [0, 0.05) is 32.5 Å². The van der Waals surface area contributed by atoms with Gasteiger partial charge in [-0.15, -0.1) is 0 Å². The molecule has 7 heteroatoms. The van der Waals surface area contributed by atoms with Gasteiger partial charge < -0.3 is 18.9 Å². The molecule has 0 fully saturated rings. The third kappa shape index (κ3) is 4.39. The summed E-state index contributed by atoms with van der Waals surface area (Å²) < 4.78 is 18.6.